The van der Waals surface area contributed by atoms with Crippen LogP contribution in [0.1, 0.15) is 107 Å². The second-order valence-corrected chi connectivity index (χ2v) is 29.4. The van der Waals surface area contributed by atoms with E-state index in [1.54, 1.807) is 0 Å². The van der Waals surface area contributed by atoms with Crippen LogP contribution >= 0.6 is 11.6 Å². The van der Waals surface area contributed by atoms with Gasteiger partial charge >= 0.3 is 248 Å². The van der Waals surface area contributed by atoms with Crippen molar-refractivity contribution in [1.82, 2.24) is 0 Å². The Bertz CT molecular complexity index is 1110. The summed E-state index contributed by atoms with van der Waals surface area (Å²) in [5, 5.41) is 0.895. The number of ether oxygens (including phenoxy) is 1. The van der Waals surface area contributed by atoms with E-state index in [1.807, 2.05) is 0 Å². The molecule has 2 fully saturated rings. The van der Waals surface area contributed by atoms with Crippen LogP contribution in [-0.4, -0.2) is 22.2 Å². The van der Waals surface area contributed by atoms with Gasteiger partial charge in [-0.05, 0) is 0 Å². The fourth-order valence-electron chi connectivity index (χ4n) is 7.70. The van der Waals surface area contributed by atoms with Crippen LogP contribution in [0.25, 0.3) is 0 Å². The molecule has 3 aliphatic rings. The molecule has 3 nitrogen and oxygen atoms in total. The molecule has 0 bridgehead atoms. The van der Waals surface area contributed by atoms with Crippen molar-refractivity contribution in [2.45, 2.75) is 150 Å². The summed E-state index contributed by atoms with van der Waals surface area (Å²) in [4.78, 5) is 0. The van der Waals surface area contributed by atoms with E-state index >= 15 is 0 Å². The average Bonchev–Trinajstić information content (AvgIpc) is 2.73. The van der Waals surface area contributed by atoms with Gasteiger partial charge in [0, 0.05) is 0 Å². The Kier molecular flexibility index (Phi) is 7.56. The van der Waals surface area contributed by atoms with Crippen molar-refractivity contribution >= 4 is 28.2 Å². The van der Waals surface area contributed by atoms with Gasteiger partial charge in [0.15, 0.2) is 0 Å². The van der Waals surface area contributed by atoms with Gasteiger partial charge in [0.05, 0.1) is 0 Å². The molecular formula is C33H59ClO3Si2-2. The van der Waals surface area contributed by atoms with Crippen LogP contribution < -0.4 is 13.6 Å². The van der Waals surface area contributed by atoms with E-state index < -0.39 is 16.6 Å². The summed E-state index contributed by atoms with van der Waals surface area (Å²) < 4.78 is 21.2. The number of benzene rings is 1. The molecule has 0 saturated heterocycles. The van der Waals surface area contributed by atoms with E-state index in [4.69, 9.17) is 25.2 Å². The predicted octanol–water partition coefficient (Wildman–Crippen LogP) is 10.5. The molecule has 4 atom stereocenters. The Morgan fingerprint density at radius 1 is 0.846 bits per heavy atom. The second-order valence-electron chi connectivity index (χ2n) is 18.1. The zero-order valence-electron chi connectivity index (χ0n) is 27.7. The molecular weight excluding hydrogens is 536 g/mol. The maximum absolute atomic E-state index is 7.44. The molecule has 4 rings (SSSR count). The molecule has 0 radical (unpaired) electrons. The van der Waals surface area contributed by atoms with Crippen LogP contribution in [0.5, 0.6) is 17.2 Å². The van der Waals surface area contributed by atoms with Crippen molar-refractivity contribution in [1.29, 1.82) is 0 Å². The fourth-order valence-corrected chi connectivity index (χ4v) is 10.4. The molecule has 0 amide bonds. The van der Waals surface area contributed by atoms with Gasteiger partial charge in [0.25, 0.3) is 0 Å². The molecule has 1 aromatic carbocycles. The SMILES string of the molecule is CC1(C)CCC[C@]2(C)[C@H]3Cc4c(cc(O[SiH-](C)(C)C(C)(C)C)c(O[SiH-](C)(C)C(C)(C)C)c4Cl)O[C@@]3(C)CC[C@@H]12. The van der Waals surface area contributed by atoms with Crippen LogP contribution in [0.4, 0.5) is 0 Å². The molecule has 226 valence electrons. The van der Waals surface area contributed by atoms with E-state index in [-0.39, 0.29) is 21.1 Å². The van der Waals surface area contributed by atoms with Crippen molar-refractivity contribution in [3.8, 4) is 17.2 Å². The standard InChI is InChI=1S/C33H59ClO3Si2/c1-29(2,3)38(11,12)36-24-21-23-22(27(34)28(24)37-39(13,14)30(4,5)6)20-26-32(9)18-15-17-31(7,8)25(32)16-19-33(26,10)35-23/h21,25-26,38-39H,15-20H2,1-14H3/q-2/t25-,26+,32-,33-/m0/s1. The minimum absolute atomic E-state index is 0.0790. The summed E-state index contributed by atoms with van der Waals surface area (Å²) >= 11 is 7.44. The summed E-state index contributed by atoms with van der Waals surface area (Å²) in [6.45, 7) is 33.0. The van der Waals surface area contributed by atoms with Gasteiger partial charge < -0.3 is 0 Å². The third-order valence-electron chi connectivity index (χ3n) is 12.7. The number of rotatable bonds is 4. The maximum atomic E-state index is 7.44. The molecule has 0 aromatic heterocycles. The van der Waals surface area contributed by atoms with Crippen LogP contribution in [0.15, 0.2) is 6.07 Å². The summed E-state index contributed by atoms with van der Waals surface area (Å²) in [6, 6.07) is 2.16. The fraction of sp³-hybridized carbons (Fsp3) is 0.818. The van der Waals surface area contributed by atoms with Crippen molar-refractivity contribution in [3.05, 3.63) is 16.7 Å². The average molecular weight is 595 g/mol. The van der Waals surface area contributed by atoms with Crippen LogP contribution in [-0.2, 0) is 6.42 Å². The summed E-state index contributed by atoms with van der Waals surface area (Å²) in [6.07, 6.45) is 7.20. The number of fused-ring (bicyclic) bond motifs is 4. The van der Waals surface area contributed by atoms with Crippen LogP contribution in [0.3, 0.4) is 0 Å². The minimum atomic E-state index is -2.52. The molecule has 2 saturated carbocycles. The van der Waals surface area contributed by atoms with Crippen molar-refractivity contribution in [2.24, 2.45) is 22.7 Å². The molecule has 1 heterocycles. The first-order valence-corrected chi connectivity index (χ1v) is 22.9. The summed E-state index contributed by atoms with van der Waals surface area (Å²) in [5.74, 6) is 3.63. The van der Waals surface area contributed by atoms with Gasteiger partial charge in [-0.15, -0.1) is 0 Å². The van der Waals surface area contributed by atoms with Gasteiger partial charge in [-0.3, -0.25) is 0 Å². The number of halogens is 1. The van der Waals surface area contributed by atoms with Gasteiger partial charge in [-0.2, -0.15) is 0 Å². The first-order chi connectivity index (χ1) is 17.5. The van der Waals surface area contributed by atoms with E-state index in [1.165, 1.54) is 25.7 Å². The van der Waals surface area contributed by atoms with Gasteiger partial charge in [0.1, 0.15) is 0 Å². The van der Waals surface area contributed by atoms with Gasteiger partial charge in [-0.25, -0.2) is 0 Å². The van der Waals surface area contributed by atoms with E-state index in [2.05, 4.69) is 101 Å². The van der Waals surface area contributed by atoms with E-state index in [9.17, 15) is 0 Å². The van der Waals surface area contributed by atoms with Crippen molar-refractivity contribution < 1.29 is 13.6 Å². The molecule has 1 aliphatic heterocycles. The number of hydrogen-bond acceptors (Lipinski definition) is 3. The second kappa shape index (κ2) is 9.42. The molecule has 39 heavy (non-hydrogen) atoms. The molecule has 0 spiro atoms. The Morgan fingerprint density at radius 2 is 1.41 bits per heavy atom. The monoisotopic (exact) mass is 594 g/mol. The van der Waals surface area contributed by atoms with Crippen molar-refractivity contribution in [2.75, 3.05) is 0 Å². The Morgan fingerprint density at radius 3 is 1.97 bits per heavy atom. The van der Waals surface area contributed by atoms with E-state index in [0.29, 0.717) is 17.3 Å². The Balaban J connectivity index is 1.85. The molecule has 0 N–H and O–H groups in total. The van der Waals surface area contributed by atoms with Crippen LogP contribution in [0.2, 0.25) is 41.3 Å². The zero-order chi connectivity index (χ0) is 29.6. The summed E-state index contributed by atoms with van der Waals surface area (Å²) in [7, 11) is -5.01. The first kappa shape index (κ1) is 31.3. The third-order valence-corrected chi connectivity index (χ3v) is 23.2. The van der Waals surface area contributed by atoms with Gasteiger partial charge in [-0.1, -0.05) is 0 Å². The molecule has 2 aliphatic carbocycles. The first-order valence-electron chi connectivity index (χ1n) is 15.8. The predicted molar refractivity (Wildman–Crippen MR) is 175 cm³/mol. The Labute approximate surface area is 247 Å². The van der Waals surface area contributed by atoms with Crippen molar-refractivity contribution in [3.63, 3.8) is 0 Å². The molecule has 0 unspecified atom stereocenters. The zero-order valence-corrected chi connectivity index (χ0v) is 30.8. The Hall–Kier alpha value is -0.656. The quantitative estimate of drug-likeness (QED) is 0.324. The van der Waals surface area contributed by atoms with Gasteiger partial charge in [0.2, 0.25) is 0 Å². The third kappa shape index (κ3) is 5.24. The normalized spacial score (nSPS) is 31.8. The van der Waals surface area contributed by atoms with Crippen LogP contribution in [0, 0.1) is 22.7 Å². The molecule has 6 heteroatoms. The van der Waals surface area contributed by atoms with E-state index in [0.717, 1.165) is 40.7 Å². The topological polar surface area (TPSA) is 27.7 Å². The number of hydrogen-bond donors (Lipinski definition) is 0. The summed E-state index contributed by atoms with van der Waals surface area (Å²) in [5.41, 5.74) is 1.57. The molecule has 1 aromatic rings.